The van der Waals surface area contributed by atoms with Crippen molar-refractivity contribution in [3.05, 3.63) is 18.2 Å². The van der Waals surface area contributed by atoms with Gasteiger partial charge in [-0.2, -0.15) is 0 Å². The highest BCUT2D eigenvalue weighted by Crippen LogP contribution is 2.14. The summed E-state index contributed by atoms with van der Waals surface area (Å²) in [6, 6.07) is 5.42. The number of rotatable bonds is 2. The van der Waals surface area contributed by atoms with Gasteiger partial charge in [-0.15, -0.1) is 0 Å². The minimum atomic E-state index is 0.732. The van der Waals surface area contributed by atoms with E-state index in [9.17, 15) is 0 Å². The molecule has 0 aromatic heterocycles. The molecule has 1 aromatic carbocycles. The van der Waals surface area contributed by atoms with Crippen LogP contribution < -0.4 is 16.5 Å². The zero-order valence-electron chi connectivity index (χ0n) is 8.59. The zero-order chi connectivity index (χ0) is 10.3. The fourth-order valence-electron chi connectivity index (χ4n) is 0.917. The number of hydrogen-bond donors (Lipinski definition) is 2. The molecule has 0 aliphatic heterocycles. The first-order chi connectivity index (χ1) is 6.24. The lowest BCUT2D eigenvalue weighted by atomic mass is 9.95. The molecule has 0 aliphatic carbocycles. The number of nitrogen functional groups attached to an aromatic ring is 1. The minimum absolute atomic E-state index is 0.732. The van der Waals surface area contributed by atoms with Crippen molar-refractivity contribution in [2.24, 2.45) is 0 Å². The molecule has 1 aromatic rings. The van der Waals surface area contributed by atoms with E-state index >= 15 is 0 Å². The standard InChI is InChI=1S/C8H11BN2.C2H6/c1-2-11-8-5-6(9)3-4-7(8)10;1-2/h3-5,11H,2,10H2,1H3;1-2H3. The van der Waals surface area contributed by atoms with Gasteiger partial charge in [0.25, 0.3) is 0 Å². The Labute approximate surface area is 81.9 Å². The van der Waals surface area contributed by atoms with Crippen LogP contribution >= 0.6 is 0 Å². The van der Waals surface area contributed by atoms with Gasteiger partial charge in [0, 0.05) is 6.54 Å². The smallest absolute Gasteiger partial charge is 0.113 e. The fourth-order valence-corrected chi connectivity index (χ4v) is 0.917. The van der Waals surface area contributed by atoms with Crippen LogP contribution in [0.4, 0.5) is 11.4 Å². The summed E-state index contributed by atoms with van der Waals surface area (Å²) in [5.41, 5.74) is 8.04. The lowest BCUT2D eigenvalue weighted by Gasteiger charge is -2.07. The highest BCUT2D eigenvalue weighted by molar-refractivity contribution is 6.32. The summed E-state index contributed by atoms with van der Waals surface area (Å²) in [4.78, 5) is 0. The van der Waals surface area contributed by atoms with Gasteiger partial charge >= 0.3 is 0 Å². The number of nitrogens with one attached hydrogen (secondary N) is 1. The second-order valence-corrected chi connectivity index (χ2v) is 2.38. The Hall–Kier alpha value is -1.12. The van der Waals surface area contributed by atoms with E-state index in [-0.39, 0.29) is 0 Å². The van der Waals surface area contributed by atoms with Crippen molar-refractivity contribution < 1.29 is 0 Å². The van der Waals surface area contributed by atoms with E-state index in [2.05, 4.69) is 5.32 Å². The van der Waals surface area contributed by atoms with Crippen molar-refractivity contribution in [1.29, 1.82) is 0 Å². The van der Waals surface area contributed by atoms with Gasteiger partial charge in [-0.05, 0) is 19.1 Å². The van der Waals surface area contributed by atoms with Crippen LogP contribution in [0.5, 0.6) is 0 Å². The van der Waals surface area contributed by atoms with Crippen LogP contribution in [0.15, 0.2) is 18.2 Å². The van der Waals surface area contributed by atoms with Crippen molar-refractivity contribution in [2.75, 3.05) is 17.6 Å². The second-order valence-electron chi connectivity index (χ2n) is 2.38. The second kappa shape index (κ2) is 6.41. The lowest BCUT2D eigenvalue weighted by molar-refractivity contribution is 1.22. The predicted octanol–water partition coefficient (Wildman–Crippen LogP) is 1.52. The zero-order valence-corrected chi connectivity index (χ0v) is 8.59. The van der Waals surface area contributed by atoms with Gasteiger partial charge in [0.15, 0.2) is 0 Å². The molecule has 13 heavy (non-hydrogen) atoms. The molecule has 3 N–H and O–H groups in total. The molecule has 0 amide bonds. The highest BCUT2D eigenvalue weighted by Gasteiger charge is 1.95. The number of benzene rings is 1. The van der Waals surface area contributed by atoms with Gasteiger partial charge in [-0.3, -0.25) is 0 Å². The summed E-state index contributed by atoms with van der Waals surface area (Å²) >= 11 is 0. The summed E-state index contributed by atoms with van der Waals surface area (Å²) in [5, 5.41) is 3.11. The van der Waals surface area contributed by atoms with E-state index in [4.69, 9.17) is 13.6 Å². The largest absolute Gasteiger partial charge is 0.397 e. The summed E-state index contributed by atoms with van der Waals surface area (Å²) in [5.74, 6) is 0. The maximum absolute atomic E-state index is 5.66. The van der Waals surface area contributed by atoms with Crippen LogP contribution in [0, 0.1) is 0 Å². The summed E-state index contributed by atoms with van der Waals surface area (Å²) in [7, 11) is 5.56. The van der Waals surface area contributed by atoms with Crippen LogP contribution in [0.3, 0.4) is 0 Å². The number of anilines is 2. The van der Waals surface area contributed by atoms with Crippen LogP contribution in [0.2, 0.25) is 0 Å². The SMILES string of the molecule is CC.[B]c1ccc(N)c(NCC)c1. The normalized spacial score (nSPS) is 8.54. The average Bonchev–Trinajstić information content (AvgIpc) is 2.15. The molecular formula is C10H17BN2. The Bertz CT molecular complexity index is 249. The molecule has 0 heterocycles. The minimum Gasteiger partial charge on any atom is -0.397 e. The third-order valence-electron chi connectivity index (χ3n) is 1.44. The van der Waals surface area contributed by atoms with Crippen molar-refractivity contribution >= 4 is 24.7 Å². The van der Waals surface area contributed by atoms with Crippen molar-refractivity contribution in [3.8, 4) is 0 Å². The Kier molecular flexibility index (Phi) is 5.86. The van der Waals surface area contributed by atoms with Gasteiger partial charge < -0.3 is 11.1 Å². The van der Waals surface area contributed by atoms with E-state index in [1.54, 1.807) is 12.1 Å². The van der Waals surface area contributed by atoms with Gasteiger partial charge in [0.2, 0.25) is 0 Å². The van der Waals surface area contributed by atoms with Crippen LogP contribution in [-0.4, -0.2) is 14.4 Å². The monoisotopic (exact) mass is 176 g/mol. The van der Waals surface area contributed by atoms with E-state index in [1.807, 2.05) is 26.8 Å². The van der Waals surface area contributed by atoms with Crippen molar-refractivity contribution in [1.82, 2.24) is 0 Å². The molecule has 0 unspecified atom stereocenters. The summed E-state index contributed by atoms with van der Waals surface area (Å²) in [6.07, 6.45) is 0. The Morgan fingerprint density at radius 3 is 2.54 bits per heavy atom. The molecule has 70 valence electrons. The molecule has 0 atom stereocenters. The first-order valence-corrected chi connectivity index (χ1v) is 4.63. The van der Waals surface area contributed by atoms with Crippen LogP contribution in [0.1, 0.15) is 20.8 Å². The molecule has 1 rings (SSSR count). The van der Waals surface area contributed by atoms with Crippen molar-refractivity contribution in [3.63, 3.8) is 0 Å². The van der Waals surface area contributed by atoms with Gasteiger partial charge in [-0.25, -0.2) is 0 Å². The predicted molar refractivity (Wildman–Crippen MR) is 61.8 cm³/mol. The first kappa shape index (κ1) is 11.9. The lowest BCUT2D eigenvalue weighted by Crippen LogP contribution is -2.07. The summed E-state index contributed by atoms with van der Waals surface area (Å²) in [6.45, 7) is 6.87. The van der Waals surface area contributed by atoms with E-state index in [1.165, 1.54) is 0 Å². The molecule has 0 bridgehead atoms. The van der Waals surface area contributed by atoms with Gasteiger partial charge in [0.05, 0.1) is 11.4 Å². The summed E-state index contributed by atoms with van der Waals surface area (Å²) < 4.78 is 0. The van der Waals surface area contributed by atoms with Crippen molar-refractivity contribution in [2.45, 2.75) is 20.8 Å². The molecule has 0 spiro atoms. The maximum Gasteiger partial charge on any atom is 0.113 e. The highest BCUT2D eigenvalue weighted by atomic mass is 14.9. The number of nitrogens with two attached hydrogens (primary N) is 1. The topological polar surface area (TPSA) is 38.0 Å². The number of hydrogen-bond acceptors (Lipinski definition) is 2. The van der Waals surface area contributed by atoms with Gasteiger partial charge in [0.1, 0.15) is 7.85 Å². The van der Waals surface area contributed by atoms with E-state index in [0.717, 1.165) is 23.4 Å². The van der Waals surface area contributed by atoms with E-state index < -0.39 is 0 Å². The quantitative estimate of drug-likeness (QED) is 0.529. The molecule has 2 radical (unpaired) electrons. The first-order valence-electron chi connectivity index (χ1n) is 4.63. The van der Waals surface area contributed by atoms with Crippen LogP contribution in [0.25, 0.3) is 0 Å². The Balaban J connectivity index is 0.000000671. The van der Waals surface area contributed by atoms with Gasteiger partial charge in [-0.1, -0.05) is 25.4 Å². The molecule has 0 fully saturated rings. The van der Waals surface area contributed by atoms with E-state index in [0.29, 0.717) is 0 Å². The average molecular weight is 176 g/mol. The molecule has 0 saturated carbocycles. The molecule has 0 aliphatic rings. The molecule has 3 heteroatoms. The Morgan fingerprint density at radius 2 is 2.00 bits per heavy atom. The van der Waals surface area contributed by atoms with Crippen LogP contribution in [-0.2, 0) is 0 Å². The maximum atomic E-state index is 5.66. The Morgan fingerprint density at radius 1 is 1.38 bits per heavy atom. The molecular weight excluding hydrogens is 159 g/mol. The third-order valence-corrected chi connectivity index (χ3v) is 1.44. The molecule has 2 nitrogen and oxygen atoms in total. The fraction of sp³-hybridized carbons (Fsp3) is 0.400. The molecule has 0 saturated heterocycles. The third kappa shape index (κ3) is 3.88.